The predicted molar refractivity (Wildman–Crippen MR) is 138 cm³/mol. The average molecular weight is 524 g/mol. The fourth-order valence-electron chi connectivity index (χ4n) is 5.00. The zero-order chi connectivity index (χ0) is 26.0. The van der Waals surface area contributed by atoms with Gasteiger partial charge in [-0.15, -0.1) is 0 Å². The smallest absolute Gasteiger partial charge is 0.210 e. The first-order chi connectivity index (χ1) is 17.9. The number of aromatic nitrogens is 1. The summed E-state index contributed by atoms with van der Waals surface area (Å²) in [7, 11) is 0. The van der Waals surface area contributed by atoms with Crippen molar-refractivity contribution in [1.82, 2.24) is 9.88 Å². The number of hydrogen-bond acceptors (Lipinski definition) is 7. The van der Waals surface area contributed by atoms with E-state index in [1.165, 1.54) is 54.7 Å². The Morgan fingerprint density at radius 1 is 1.32 bits per heavy atom. The molecule has 4 aliphatic rings. The molecule has 1 saturated heterocycles. The third kappa shape index (κ3) is 5.38. The molecule has 3 atom stereocenters. The van der Waals surface area contributed by atoms with Crippen LogP contribution >= 0.6 is 11.8 Å². The van der Waals surface area contributed by atoms with Gasteiger partial charge in [0.2, 0.25) is 6.41 Å². The number of carbonyl (C=O) groups excluding carboxylic acids is 1. The zero-order valence-electron chi connectivity index (χ0n) is 20.1. The lowest BCUT2D eigenvalue weighted by molar-refractivity contribution is -0.145. The van der Waals surface area contributed by atoms with Crippen molar-refractivity contribution >= 4 is 35.2 Å². The molecule has 1 spiro atoms. The minimum absolute atomic E-state index is 0.111. The molecule has 3 fully saturated rings. The summed E-state index contributed by atoms with van der Waals surface area (Å²) in [6.07, 6.45) is 8.05. The predicted octanol–water partition coefficient (Wildman–Crippen LogP) is 4.45. The molecule has 1 amide bonds. The summed E-state index contributed by atoms with van der Waals surface area (Å²) in [6.45, 7) is 2.25. The van der Waals surface area contributed by atoms with Crippen molar-refractivity contribution in [1.29, 1.82) is 5.26 Å². The Morgan fingerprint density at radius 2 is 2.16 bits per heavy atom. The van der Waals surface area contributed by atoms with Crippen LogP contribution in [-0.4, -0.2) is 52.0 Å². The molecular formula is C27H27F2N5O2S. The second-order valence-electron chi connectivity index (χ2n) is 9.71. The number of ether oxygens (including phenoxy) is 1. The van der Waals surface area contributed by atoms with Crippen molar-refractivity contribution in [3.8, 4) is 6.07 Å². The summed E-state index contributed by atoms with van der Waals surface area (Å²) >= 11 is 1.54. The minimum atomic E-state index is -0.557. The molecule has 6 rings (SSSR count). The van der Waals surface area contributed by atoms with Crippen molar-refractivity contribution < 1.29 is 18.3 Å². The van der Waals surface area contributed by atoms with E-state index < -0.39 is 5.83 Å². The van der Waals surface area contributed by atoms with Crippen LogP contribution in [0.4, 0.5) is 8.78 Å². The van der Waals surface area contributed by atoms with Gasteiger partial charge in [0.25, 0.3) is 0 Å². The van der Waals surface area contributed by atoms with E-state index in [2.05, 4.69) is 9.98 Å². The minimum Gasteiger partial charge on any atom is -0.379 e. The lowest BCUT2D eigenvalue weighted by Crippen LogP contribution is -2.60. The molecule has 2 saturated carbocycles. The van der Waals surface area contributed by atoms with Crippen molar-refractivity contribution in [2.75, 3.05) is 19.8 Å². The summed E-state index contributed by atoms with van der Waals surface area (Å²) < 4.78 is 34.2. The van der Waals surface area contributed by atoms with Gasteiger partial charge in [-0.2, -0.15) is 5.26 Å². The number of benzene rings is 1. The van der Waals surface area contributed by atoms with E-state index in [4.69, 9.17) is 15.7 Å². The summed E-state index contributed by atoms with van der Waals surface area (Å²) in [5.41, 5.74) is 7.38. The molecule has 2 aliphatic heterocycles. The molecule has 0 bridgehead atoms. The Labute approximate surface area is 218 Å². The van der Waals surface area contributed by atoms with Crippen LogP contribution in [0, 0.1) is 23.1 Å². The second kappa shape index (κ2) is 10.6. The molecule has 2 aliphatic carbocycles. The molecule has 1 aromatic carbocycles. The van der Waals surface area contributed by atoms with Crippen LogP contribution in [-0.2, 0) is 9.53 Å². The maximum Gasteiger partial charge on any atom is 0.210 e. The third-order valence-electron chi connectivity index (χ3n) is 7.36. The first kappa shape index (κ1) is 25.4. The van der Waals surface area contributed by atoms with Gasteiger partial charge in [0, 0.05) is 23.6 Å². The van der Waals surface area contributed by atoms with Gasteiger partial charge in [0.05, 0.1) is 36.1 Å². The normalized spacial score (nSPS) is 25.5. The largest absolute Gasteiger partial charge is 0.379 e. The standard InChI is InChI=1S/C19H14F2N4S.C8H13NO2/c20-14-3-1-10(6-15(21)16-4-2-11(8-22)9-24-16)5-12(14)18-13-7-17(13)26-19(23)25-18;10-7-9-4-5-11-6-8(9)2-1-3-8/h1-6,9,13,17-18H,7H2,(H2,23,25);7H,1-6H2/b15-6-;. The maximum absolute atomic E-state index is 14.4. The van der Waals surface area contributed by atoms with Crippen molar-refractivity contribution in [2.45, 2.75) is 42.5 Å². The van der Waals surface area contributed by atoms with Crippen LogP contribution in [0.5, 0.6) is 0 Å². The SMILES string of the molecule is N#Cc1ccc(/C(F)=C/c2ccc(F)c(C3N=C(N)SC4CC43)c2)nc1.O=CN1CCOCC12CCC2. The van der Waals surface area contributed by atoms with Crippen LogP contribution in [0.2, 0.25) is 0 Å². The fourth-order valence-corrected chi connectivity index (χ4v) is 6.13. The lowest BCUT2D eigenvalue weighted by atomic mass is 9.75. The Bertz CT molecular complexity index is 1270. The summed E-state index contributed by atoms with van der Waals surface area (Å²) in [5.74, 6) is -0.636. The topological polar surface area (TPSA) is 105 Å². The number of amidine groups is 1. The number of amides is 1. The number of nitrogens with two attached hydrogens (primary N) is 1. The van der Waals surface area contributed by atoms with Crippen molar-refractivity contribution in [2.24, 2.45) is 16.6 Å². The molecule has 0 radical (unpaired) electrons. The first-order valence-electron chi connectivity index (χ1n) is 12.3. The van der Waals surface area contributed by atoms with E-state index in [1.54, 1.807) is 6.07 Å². The molecular weight excluding hydrogens is 496 g/mol. The summed E-state index contributed by atoms with van der Waals surface area (Å²) in [6, 6.07) is 9.01. The highest BCUT2D eigenvalue weighted by Gasteiger charge is 2.48. The Balaban J connectivity index is 0.000000212. The zero-order valence-corrected chi connectivity index (χ0v) is 21.0. The number of fused-ring (bicyclic) bond motifs is 1. The van der Waals surface area contributed by atoms with E-state index in [1.807, 2.05) is 11.0 Å². The number of hydrogen-bond donors (Lipinski definition) is 1. The van der Waals surface area contributed by atoms with E-state index in [0.29, 0.717) is 33.7 Å². The molecule has 3 unspecified atom stereocenters. The second-order valence-corrected chi connectivity index (χ2v) is 11.0. The van der Waals surface area contributed by atoms with Crippen molar-refractivity contribution in [3.63, 3.8) is 0 Å². The molecule has 2 aromatic rings. The van der Waals surface area contributed by atoms with E-state index in [0.717, 1.165) is 38.8 Å². The third-order valence-corrected chi connectivity index (χ3v) is 8.55. The molecule has 2 N–H and O–H groups in total. The number of carbonyl (C=O) groups is 1. The van der Waals surface area contributed by atoms with Crippen LogP contribution in [0.1, 0.15) is 54.1 Å². The number of morpholine rings is 1. The van der Waals surface area contributed by atoms with Gasteiger partial charge in [-0.1, -0.05) is 17.8 Å². The van der Waals surface area contributed by atoms with Gasteiger partial charge in [-0.25, -0.2) is 8.78 Å². The number of halogens is 2. The highest BCUT2D eigenvalue weighted by Crippen LogP contribution is 2.54. The molecule has 37 heavy (non-hydrogen) atoms. The Kier molecular flexibility index (Phi) is 7.26. The van der Waals surface area contributed by atoms with Crippen LogP contribution in [0.3, 0.4) is 0 Å². The van der Waals surface area contributed by atoms with Gasteiger partial charge in [-0.3, -0.25) is 14.8 Å². The van der Waals surface area contributed by atoms with Crippen LogP contribution in [0.15, 0.2) is 41.5 Å². The average Bonchev–Trinajstić information content (AvgIpc) is 3.68. The highest BCUT2D eigenvalue weighted by molar-refractivity contribution is 8.14. The first-order valence-corrected chi connectivity index (χ1v) is 13.1. The lowest BCUT2D eigenvalue weighted by Gasteiger charge is -2.51. The van der Waals surface area contributed by atoms with Gasteiger partial charge in [0.1, 0.15) is 17.7 Å². The number of aliphatic imine (C=N–C) groups is 1. The highest BCUT2D eigenvalue weighted by atomic mass is 32.2. The maximum atomic E-state index is 14.4. The number of rotatable bonds is 4. The molecule has 10 heteroatoms. The van der Waals surface area contributed by atoms with Gasteiger partial charge < -0.3 is 15.4 Å². The number of nitrogens with zero attached hydrogens (tertiary/aromatic N) is 4. The van der Waals surface area contributed by atoms with Crippen molar-refractivity contribution in [3.05, 3.63) is 64.7 Å². The Hall–Kier alpha value is -3.29. The van der Waals surface area contributed by atoms with Gasteiger partial charge >= 0.3 is 0 Å². The number of thioether (sulfide) groups is 1. The van der Waals surface area contributed by atoms with Crippen LogP contribution < -0.4 is 5.73 Å². The van der Waals surface area contributed by atoms with E-state index >= 15 is 0 Å². The van der Waals surface area contributed by atoms with E-state index in [9.17, 15) is 13.6 Å². The summed E-state index contributed by atoms with van der Waals surface area (Å²) in [4.78, 5) is 20.9. The fraction of sp³-hybridized carbons (Fsp3) is 0.407. The molecule has 192 valence electrons. The monoisotopic (exact) mass is 523 g/mol. The molecule has 3 heterocycles. The van der Waals surface area contributed by atoms with Crippen LogP contribution in [0.25, 0.3) is 11.9 Å². The number of pyridine rings is 1. The quantitative estimate of drug-likeness (QED) is 0.594. The van der Waals surface area contributed by atoms with Gasteiger partial charge in [-0.05, 0) is 67.5 Å². The van der Waals surface area contributed by atoms with E-state index in [-0.39, 0.29) is 29.0 Å². The van der Waals surface area contributed by atoms with Gasteiger partial charge in [0.15, 0.2) is 5.17 Å². The summed E-state index contributed by atoms with van der Waals surface area (Å²) in [5, 5.41) is 9.64. The molecule has 1 aromatic heterocycles. The number of nitriles is 1. The Morgan fingerprint density at radius 3 is 2.81 bits per heavy atom. The molecule has 7 nitrogen and oxygen atoms in total.